The fraction of sp³-hybridized carbons (Fsp3) is 0.917. The number of ketones is 1. The largest absolute Gasteiger partial charge is 0.330 e. The topological polar surface area (TPSA) is 43.1 Å². The zero-order valence-corrected chi connectivity index (χ0v) is 9.46. The minimum atomic E-state index is 0.116. The van der Waals surface area contributed by atoms with Crippen LogP contribution in [0.3, 0.4) is 0 Å². The molecule has 0 amide bonds. The molecule has 0 aromatic rings. The Bertz CT molecular complexity index is 187. The molecule has 1 saturated carbocycles. The van der Waals surface area contributed by atoms with Crippen molar-refractivity contribution in [2.75, 3.05) is 6.54 Å². The summed E-state index contributed by atoms with van der Waals surface area (Å²) in [5.74, 6) is 1.59. The van der Waals surface area contributed by atoms with Crippen molar-refractivity contribution in [3.63, 3.8) is 0 Å². The van der Waals surface area contributed by atoms with E-state index in [1.165, 1.54) is 12.8 Å². The summed E-state index contributed by atoms with van der Waals surface area (Å²) in [6, 6.07) is 0. The SMILES string of the molecule is CCC(CN)C(=O)C1CCCC(C)C1. The van der Waals surface area contributed by atoms with Crippen LogP contribution in [0, 0.1) is 17.8 Å². The first-order chi connectivity index (χ1) is 6.69. The lowest BCUT2D eigenvalue weighted by Gasteiger charge is -2.28. The van der Waals surface area contributed by atoms with Gasteiger partial charge in [0.15, 0.2) is 0 Å². The van der Waals surface area contributed by atoms with Gasteiger partial charge in [-0.3, -0.25) is 4.79 Å². The molecule has 1 aliphatic carbocycles. The van der Waals surface area contributed by atoms with E-state index in [1.54, 1.807) is 0 Å². The van der Waals surface area contributed by atoms with Crippen LogP contribution in [0.15, 0.2) is 0 Å². The highest BCUT2D eigenvalue weighted by Gasteiger charge is 2.28. The maximum atomic E-state index is 12.0. The Kier molecular flexibility index (Phi) is 4.59. The van der Waals surface area contributed by atoms with E-state index < -0.39 is 0 Å². The maximum absolute atomic E-state index is 12.0. The molecule has 2 heteroatoms. The molecule has 0 saturated heterocycles. The summed E-state index contributed by atoms with van der Waals surface area (Å²) < 4.78 is 0. The van der Waals surface area contributed by atoms with Crippen molar-refractivity contribution in [1.29, 1.82) is 0 Å². The summed E-state index contributed by atoms with van der Waals surface area (Å²) in [5.41, 5.74) is 5.60. The molecule has 3 unspecified atom stereocenters. The van der Waals surface area contributed by atoms with Crippen LogP contribution >= 0.6 is 0 Å². The van der Waals surface area contributed by atoms with Crippen molar-refractivity contribution in [2.45, 2.75) is 46.0 Å². The molecule has 82 valence electrons. The van der Waals surface area contributed by atoms with Gasteiger partial charge in [0.05, 0.1) is 0 Å². The zero-order chi connectivity index (χ0) is 10.6. The Morgan fingerprint density at radius 3 is 2.71 bits per heavy atom. The number of nitrogens with two attached hydrogens (primary N) is 1. The van der Waals surface area contributed by atoms with Crippen LogP contribution in [0.2, 0.25) is 0 Å². The molecule has 0 heterocycles. The second-order valence-electron chi connectivity index (χ2n) is 4.71. The van der Waals surface area contributed by atoms with Gasteiger partial charge in [0.2, 0.25) is 0 Å². The van der Waals surface area contributed by atoms with E-state index in [9.17, 15) is 4.79 Å². The number of hydrogen-bond acceptors (Lipinski definition) is 2. The number of hydrogen-bond donors (Lipinski definition) is 1. The second-order valence-corrected chi connectivity index (χ2v) is 4.71. The van der Waals surface area contributed by atoms with E-state index in [2.05, 4.69) is 13.8 Å². The van der Waals surface area contributed by atoms with Gasteiger partial charge in [-0.1, -0.05) is 26.7 Å². The van der Waals surface area contributed by atoms with Gasteiger partial charge in [-0.05, 0) is 25.2 Å². The Morgan fingerprint density at radius 2 is 2.21 bits per heavy atom. The first-order valence-electron chi connectivity index (χ1n) is 5.92. The van der Waals surface area contributed by atoms with Gasteiger partial charge in [-0.2, -0.15) is 0 Å². The van der Waals surface area contributed by atoms with Crippen molar-refractivity contribution in [3.05, 3.63) is 0 Å². The van der Waals surface area contributed by atoms with Gasteiger partial charge in [-0.15, -0.1) is 0 Å². The predicted octanol–water partition coefficient (Wildman–Crippen LogP) is 2.37. The van der Waals surface area contributed by atoms with Crippen molar-refractivity contribution in [3.8, 4) is 0 Å². The number of carbonyl (C=O) groups is 1. The molecule has 0 aromatic heterocycles. The molecule has 0 radical (unpaired) electrons. The summed E-state index contributed by atoms with van der Waals surface area (Å²) in [7, 11) is 0. The normalized spacial score (nSPS) is 29.9. The van der Waals surface area contributed by atoms with Crippen LogP contribution in [-0.2, 0) is 4.79 Å². The molecule has 3 atom stereocenters. The van der Waals surface area contributed by atoms with Crippen LogP contribution in [-0.4, -0.2) is 12.3 Å². The standard InChI is InChI=1S/C12H23NO/c1-3-10(8-13)12(14)11-6-4-5-9(2)7-11/h9-11H,3-8,13H2,1-2H3. The Balaban J connectivity index is 2.50. The van der Waals surface area contributed by atoms with Gasteiger partial charge in [-0.25, -0.2) is 0 Å². The quantitative estimate of drug-likeness (QED) is 0.752. The van der Waals surface area contributed by atoms with Gasteiger partial charge in [0.1, 0.15) is 5.78 Å². The molecule has 2 nitrogen and oxygen atoms in total. The smallest absolute Gasteiger partial charge is 0.140 e. The molecular weight excluding hydrogens is 174 g/mol. The molecular formula is C12H23NO. The number of carbonyl (C=O) groups excluding carboxylic acids is 1. The minimum absolute atomic E-state index is 0.116. The van der Waals surface area contributed by atoms with Crippen LogP contribution in [0.25, 0.3) is 0 Å². The van der Waals surface area contributed by atoms with Gasteiger partial charge in [0, 0.05) is 18.4 Å². The first-order valence-corrected chi connectivity index (χ1v) is 5.92. The number of rotatable bonds is 4. The van der Waals surface area contributed by atoms with Gasteiger partial charge < -0.3 is 5.73 Å². The molecule has 2 N–H and O–H groups in total. The molecule has 14 heavy (non-hydrogen) atoms. The lowest BCUT2D eigenvalue weighted by atomic mass is 9.77. The summed E-state index contributed by atoms with van der Waals surface area (Å²) in [6.45, 7) is 4.84. The molecule has 1 aliphatic rings. The van der Waals surface area contributed by atoms with Gasteiger partial charge in [0.25, 0.3) is 0 Å². The van der Waals surface area contributed by atoms with Crippen molar-refractivity contribution < 1.29 is 4.79 Å². The van der Waals surface area contributed by atoms with Crippen LogP contribution in [0.5, 0.6) is 0 Å². The fourth-order valence-corrected chi connectivity index (χ4v) is 2.51. The third-order valence-corrected chi connectivity index (χ3v) is 3.52. The van der Waals surface area contributed by atoms with Crippen molar-refractivity contribution >= 4 is 5.78 Å². The highest BCUT2D eigenvalue weighted by Crippen LogP contribution is 2.31. The minimum Gasteiger partial charge on any atom is -0.330 e. The highest BCUT2D eigenvalue weighted by molar-refractivity contribution is 5.83. The van der Waals surface area contributed by atoms with Crippen LogP contribution in [0.1, 0.15) is 46.0 Å². The van der Waals surface area contributed by atoms with E-state index in [1.807, 2.05) is 0 Å². The third kappa shape index (κ3) is 2.81. The molecule has 1 fully saturated rings. The molecule has 0 bridgehead atoms. The summed E-state index contributed by atoms with van der Waals surface area (Å²) in [5, 5.41) is 0. The Hall–Kier alpha value is -0.370. The van der Waals surface area contributed by atoms with Gasteiger partial charge >= 0.3 is 0 Å². The second kappa shape index (κ2) is 5.50. The summed E-state index contributed by atoms with van der Waals surface area (Å²) >= 11 is 0. The van der Waals surface area contributed by atoms with Crippen LogP contribution < -0.4 is 5.73 Å². The monoisotopic (exact) mass is 197 g/mol. The lowest BCUT2D eigenvalue weighted by Crippen LogP contribution is -2.31. The van der Waals surface area contributed by atoms with E-state index in [-0.39, 0.29) is 5.92 Å². The fourth-order valence-electron chi connectivity index (χ4n) is 2.51. The maximum Gasteiger partial charge on any atom is 0.140 e. The summed E-state index contributed by atoms with van der Waals surface area (Å²) in [4.78, 5) is 12.0. The van der Waals surface area contributed by atoms with E-state index in [0.717, 1.165) is 25.2 Å². The summed E-state index contributed by atoms with van der Waals surface area (Å²) in [6.07, 6.45) is 5.61. The molecule has 1 rings (SSSR count). The molecule has 0 aliphatic heterocycles. The van der Waals surface area contributed by atoms with E-state index >= 15 is 0 Å². The predicted molar refractivity (Wildman–Crippen MR) is 59.0 cm³/mol. The molecule has 0 aromatic carbocycles. The van der Waals surface area contributed by atoms with E-state index in [4.69, 9.17) is 5.73 Å². The Morgan fingerprint density at radius 1 is 1.50 bits per heavy atom. The highest BCUT2D eigenvalue weighted by atomic mass is 16.1. The average molecular weight is 197 g/mol. The van der Waals surface area contributed by atoms with Crippen molar-refractivity contribution in [1.82, 2.24) is 0 Å². The Labute approximate surface area is 87.2 Å². The van der Waals surface area contributed by atoms with Crippen molar-refractivity contribution in [2.24, 2.45) is 23.5 Å². The van der Waals surface area contributed by atoms with Crippen LogP contribution in [0.4, 0.5) is 0 Å². The molecule has 0 spiro atoms. The average Bonchev–Trinajstić information content (AvgIpc) is 2.19. The van der Waals surface area contributed by atoms with E-state index in [0.29, 0.717) is 18.2 Å². The first kappa shape index (κ1) is 11.7. The number of Topliss-reactive ketones (excluding diaryl/α,β-unsaturated/α-hetero) is 1. The third-order valence-electron chi connectivity index (χ3n) is 3.52. The lowest BCUT2D eigenvalue weighted by molar-refractivity contribution is -0.128. The zero-order valence-electron chi connectivity index (χ0n) is 9.46.